The minimum Gasteiger partial charge on any atom is -0.474 e. The van der Waals surface area contributed by atoms with Gasteiger partial charge < -0.3 is 19.8 Å². The lowest BCUT2D eigenvalue weighted by Crippen LogP contribution is -2.35. The van der Waals surface area contributed by atoms with Gasteiger partial charge in [0.05, 0.1) is 0 Å². The number of hydrogen-bond donors (Lipinski definition) is 2. The van der Waals surface area contributed by atoms with E-state index in [2.05, 4.69) is 27.3 Å². The zero-order valence-corrected chi connectivity index (χ0v) is 12.1. The van der Waals surface area contributed by atoms with Gasteiger partial charge in [-0.3, -0.25) is 0 Å². The highest BCUT2D eigenvalue weighted by Gasteiger charge is 2.19. The van der Waals surface area contributed by atoms with Gasteiger partial charge in [-0.25, -0.2) is 10.8 Å². The monoisotopic (exact) mass is 281 g/mol. The molecule has 1 aliphatic heterocycles. The topological polar surface area (TPSA) is 85.5 Å². The summed E-state index contributed by atoms with van der Waals surface area (Å²) in [6, 6.07) is 1.72. The number of aromatic nitrogens is 2. The van der Waals surface area contributed by atoms with E-state index in [1.165, 1.54) is 0 Å². The number of nitrogens with two attached hydrogens (primary N) is 1. The molecule has 1 saturated heterocycles. The van der Waals surface area contributed by atoms with Crippen LogP contribution in [0.15, 0.2) is 6.07 Å². The molecule has 0 saturated carbocycles. The lowest BCUT2D eigenvalue weighted by atomic mass is 10.1. The van der Waals surface area contributed by atoms with Gasteiger partial charge in [-0.15, -0.1) is 0 Å². The second-order valence-corrected chi connectivity index (χ2v) is 4.91. The van der Waals surface area contributed by atoms with Crippen molar-refractivity contribution in [3.63, 3.8) is 0 Å². The minimum absolute atomic E-state index is 0.201. The Morgan fingerprint density at radius 2 is 2.15 bits per heavy atom. The summed E-state index contributed by atoms with van der Waals surface area (Å²) in [5.74, 6) is 7.09. The molecule has 2 rings (SSSR count). The summed E-state index contributed by atoms with van der Waals surface area (Å²) in [6.45, 7) is 5.00. The fraction of sp³-hybridized carbons (Fsp3) is 0.692. The highest BCUT2D eigenvalue weighted by molar-refractivity contribution is 5.37. The molecule has 112 valence electrons. The highest BCUT2D eigenvalue weighted by atomic mass is 16.5. The number of nitrogens with one attached hydrogen (secondary N) is 1. The molecule has 0 aliphatic carbocycles. The SMILES string of the molecule is CCOCc1nc(NN)cc(OC2CCN(C)CC2)n1. The van der Waals surface area contributed by atoms with Crippen LogP contribution in [0.25, 0.3) is 0 Å². The molecule has 0 unspecified atom stereocenters. The van der Waals surface area contributed by atoms with E-state index in [0.717, 1.165) is 25.9 Å². The maximum atomic E-state index is 5.94. The third-order valence-corrected chi connectivity index (χ3v) is 3.29. The molecule has 0 spiro atoms. The minimum atomic E-state index is 0.201. The molecule has 7 heteroatoms. The summed E-state index contributed by atoms with van der Waals surface area (Å²) in [4.78, 5) is 10.9. The van der Waals surface area contributed by atoms with Crippen molar-refractivity contribution >= 4 is 5.82 Å². The van der Waals surface area contributed by atoms with Crippen molar-refractivity contribution < 1.29 is 9.47 Å². The first-order valence-corrected chi connectivity index (χ1v) is 6.98. The van der Waals surface area contributed by atoms with E-state index >= 15 is 0 Å². The van der Waals surface area contributed by atoms with Crippen molar-refractivity contribution in [3.8, 4) is 5.88 Å². The zero-order valence-electron chi connectivity index (χ0n) is 12.1. The standard InChI is InChI=1S/C13H23N5O2/c1-3-19-9-12-15-11(17-14)8-13(16-12)20-10-4-6-18(2)7-5-10/h8,10H,3-7,9,14H2,1-2H3,(H,15,16,17). The van der Waals surface area contributed by atoms with Crippen LogP contribution in [0, 0.1) is 0 Å². The molecule has 7 nitrogen and oxygen atoms in total. The van der Waals surface area contributed by atoms with E-state index in [0.29, 0.717) is 30.7 Å². The zero-order chi connectivity index (χ0) is 14.4. The number of hydrogen-bond acceptors (Lipinski definition) is 7. The smallest absolute Gasteiger partial charge is 0.219 e. The second-order valence-electron chi connectivity index (χ2n) is 4.91. The lowest BCUT2D eigenvalue weighted by molar-refractivity contribution is 0.106. The largest absolute Gasteiger partial charge is 0.474 e. The van der Waals surface area contributed by atoms with E-state index in [9.17, 15) is 0 Å². The van der Waals surface area contributed by atoms with Crippen LogP contribution in [0.3, 0.4) is 0 Å². The predicted octanol–water partition coefficient (Wildman–Crippen LogP) is 0.772. The third kappa shape index (κ3) is 4.29. The number of piperidine rings is 1. The molecular formula is C13H23N5O2. The van der Waals surface area contributed by atoms with Crippen LogP contribution in [0.5, 0.6) is 5.88 Å². The molecule has 1 aliphatic rings. The average molecular weight is 281 g/mol. The van der Waals surface area contributed by atoms with Crippen LogP contribution in [0.4, 0.5) is 5.82 Å². The Bertz CT molecular complexity index is 421. The summed E-state index contributed by atoms with van der Waals surface area (Å²) in [6.07, 6.45) is 2.21. The second kappa shape index (κ2) is 7.37. The molecule has 0 bridgehead atoms. The summed E-state index contributed by atoms with van der Waals surface area (Å²) in [5.41, 5.74) is 2.53. The summed E-state index contributed by atoms with van der Waals surface area (Å²) in [5, 5.41) is 0. The van der Waals surface area contributed by atoms with E-state index < -0.39 is 0 Å². The number of hydrazine groups is 1. The first-order chi connectivity index (χ1) is 9.71. The van der Waals surface area contributed by atoms with Crippen LogP contribution in [0.2, 0.25) is 0 Å². The normalized spacial score (nSPS) is 17.1. The molecule has 3 N–H and O–H groups in total. The van der Waals surface area contributed by atoms with Gasteiger partial charge in [0.2, 0.25) is 5.88 Å². The average Bonchev–Trinajstić information content (AvgIpc) is 2.47. The van der Waals surface area contributed by atoms with Crippen LogP contribution in [0.1, 0.15) is 25.6 Å². The van der Waals surface area contributed by atoms with E-state index in [4.69, 9.17) is 15.3 Å². The van der Waals surface area contributed by atoms with Crippen molar-refractivity contribution in [2.45, 2.75) is 32.5 Å². The Hall–Kier alpha value is -1.44. The first kappa shape index (κ1) is 15.0. The van der Waals surface area contributed by atoms with Gasteiger partial charge in [0, 0.05) is 25.8 Å². The Kier molecular flexibility index (Phi) is 5.51. The molecule has 1 aromatic heterocycles. The Morgan fingerprint density at radius 3 is 2.80 bits per heavy atom. The van der Waals surface area contributed by atoms with Crippen molar-refractivity contribution in [2.75, 3.05) is 32.2 Å². The Balaban J connectivity index is 2.02. The predicted molar refractivity (Wildman–Crippen MR) is 76.3 cm³/mol. The molecule has 0 aromatic carbocycles. The van der Waals surface area contributed by atoms with Crippen molar-refractivity contribution in [2.24, 2.45) is 5.84 Å². The fourth-order valence-electron chi connectivity index (χ4n) is 2.14. The van der Waals surface area contributed by atoms with Crippen LogP contribution in [-0.2, 0) is 11.3 Å². The quantitative estimate of drug-likeness (QED) is 0.588. The molecule has 0 atom stereocenters. The summed E-state index contributed by atoms with van der Waals surface area (Å²) < 4.78 is 11.3. The lowest BCUT2D eigenvalue weighted by Gasteiger charge is -2.29. The van der Waals surface area contributed by atoms with Crippen LogP contribution >= 0.6 is 0 Å². The maximum Gasteiger partial charge on any atom is 0.219 e. The van der Waals surface area contributed by atoms with Crippen LogP contribution in [-0.4, -0.2) is 47.7 Å². The first-order valence-electron chi connectivity index (χ1n) is 6.98. The van der Waals surface area contributed by atoms with E-state index in [1.54, 1.807) is 6.07 Å². The van der Waals surface area contributed by atoms with Crippen molar-refractivity contribution in [1.29, 1.82) is 0 Å². The van der Waals surface area contributed by atoms with E-state index in [-0.39, 0.29) is 6.10 Å². The maximum absolute atomic E-state index is 5.94. The number of ether oxygens (including phenoxy) is 2. The molecule has 0 amide bonds. The molecular weight excluding hydrogens is 258 g/mol. The fourth-order valence-corrected chi connectivity index (χ4v) is 2.14. The number of likely N-dealkylation sites (tertiary alicyclic amines) is 1. The summed E-state index contributed by atoms with van der Waals surface area (Å²) >= 11 is 0. The Morgan fingerprint density at radius 1 is 1.40 bits per heavy atom. The number of anilines is 1. The number of nitrogens with zero attached hydrogens (tertiary/aromatic N) is 3. The molecule has 20 heavy (non-hydrogen) atoms. The van der Waals surface area contributed by atoms with Gasteiger partial charge in [-0.05, 0) is 26.8 Å². The van der Waals surface area contributed by atoms with Gasteiger partial charge >= 0.3 is 0 Å². The number of nitrogen functional groups attached to an aromatic ring is 1. The molecule has 0 radical (unpaired) electrons. The molecule has 1 fully saturated rings. The van der Waals surface area contributed by atoms with Gasteiger partial charge in [0.15, 0.2) is 5.82 Å². The van der Waals surface area contributed by atoms with Gasteiger partial charge in [-0.1, -0.05) is 0 Å². The number of rotatable bonds is 6. The van der Waals surface area contributed by atoms with Crippen LogP contribution < -0.4 is 16.0 Å². The summed E-state index contributed by atoms with van der Waals surface area (Å²) in [7, 11) is 2.12. The van der Waals surface area contributed by atoms with Gasteiger partial charge in [0.25, 0.3) is 0 Å². The highest BCUT2D eigenvalue weighted by Crippen LogP contribution is 2.19. The third-order valence-electron chi connectivity index (χ3n) is 3.29. The molecule has 2 heterocycles. The molecule has 1 aromatic rings. The van der Waals surface area contributed by atoms with Gasteiger partial charge in [0.1, 0.15) is 18.5 Å². The van der Waals surface area contributed by atoms with E-state index in [1.807, 2.05) is 6.92 Å². The van der Waals surface area contributed by atoms with Crippen molar-refractivity contribution in [1.82, 2.24) is 14.9 Å². The van der Waals surface area contributed by atoms with Crippen molar-refractivity contribution in [3.05, 3.63) is 11.9 Å². The Labute approximate surface area is 119 Å². The van der Waals surface area contributed by atoms with Gasteiger partial charge in [-0.2, -0.15) is 4.98 Å².